The van der Waals surface area contributed by atoms with Gasteiger partial charge in [-0.2, -0.15) is 15.2 Å². The summed E-state index contributed by atoms with van der Waals surface area (Å²) in [6.45, 7) is 6.43. The van der Waals surface area contributed by atoms with Crippen molar-refractivity contribution in [3.63, 3.8) is 0 Å². The van der Waals surface area contributed by atoms with Gasteiger partial charge in [-0.1, -0.05) is 32.4 Å². The maximum Gasteiger partial charge on any atom is 0.210 e. The molecule has 0 unspecified atom stereocenters. The summed E-state index contributed by atoms with van der Waals surface area (Å²) >= 11 is 6.78. The topological polar surface area (TPSA) is 120 Å². The summed E-state index contributed by atoms with van der Waals surface area (Å²) in [5.41, 5.74) is 2.72. The minimum absolute atomic E-state index is 0.0313. The van der Waals surface area contributed by atoms with Gasteiger partial charge in [-0.3, -0.25) is 9.67 Å². The van der Waals surface area contributed by atoms with Crippen LogP contribution in [0.2, 0.25) is 5.02 Å². The number of anilines is 2. The highest BCUT2D eigenvalue weighted by atomic mass is 35.5. The molecular weight excluding hydrogens is 494 g/mol. The van der Waals surface area contributed by atoms with Gasteiger partial charge in [0, 0.05) is 36.6 Å². The Kier molecular flexibility index (Phi) is 5.57. The minimum atomic E-state index is -0.394. The van der Waals surface area contributed by atoms with E-state index >= 15 is 0 Å². The lowest BCUT2D eigenvalue weighted by atomic mass is 9.91. The first kappa shape index (κ1) is 23.7. The Balaban J connectivity index is 1.34. The fraction of sp³-hybridized carbons (Fsp3) is 0.400. The second kappa shape index (κ2) is 8.70. The van der Waals surface area contributed by atoms with Crippen LogP contribution in [-0.2, 0) is 12.5 Å². The van der Waals surface area contributed by atoms with Crippen LogP contribution < -0.4 is 10.1 Å². The molecule has 5 aromatic heterocycles. The van der Waals surface area contributed by atoms with Crippen molar-refractivity contribution >= 4 is 40.0 Å². The molecule has 0 saturated heterocycles. The lowest BCUT2D eigenvalue weighted by Crippen LogP contribution is -2.26. The first-order valence-electron chi connectivity index (χ1n) is 12.2. The fourth-order valence-corrected chi connectivity index (χ4v) is 5.19. The van der Waals surface area contributed by atoms with Crippen LogP contribution in [0.3, 0.4) is 0 Å². The zero-order valence-corrected chi connectivity index (χ0v) is 21.8. The number of aryl methyl sites for hydroxylation is 1. The second-order valence-corrected chi connectivity index (χ2v) is 10.8. The van der Waals surface area contributed by atoms with Crippen molar-refractivity contribution in [2.45, 2.75) is 57.6 Å². The van der Waals surface area contributed by atoms with Gasteiger partial charge in [0.2, 0.25) is 5.95 Å². The maximum atomic E-state index is 10.5. The molecule has 0 spiro atoms. The molecule has 5 heterocycles. The van der Waals surface area contributed by atoms with Crippen molar-refractivity contribution in [1.82, 2.24) is 38.9 Å². The summed E-state index contributed by atoms with van der Waals surface area (Å²) < 4.78 is 11.5. The molecule has 37 heavy (non-hydrogen) atoms. The number of aromatic nitrogens is 8. The molecule has 2 atom stereocenters. The van der Waals surface area contributed by atoms with Gasteiger partial charge in [-0.05, 0) is 19.3 Å². The Bertz CT molecular complexity index is 1610. The van der Waals surface area contributed by atoms with Crippen LogP contribution in [0, 0.1) is 0 Å². The Morgan fingerprint density at radius 1 is 1.16 bits per heavy atom. The van der Waals surface area contributed by atoms with E-state index < -0.39 is 6.10 Å². The first-order valence-corrected chi connectivity index (χ1v) is 12.6. The second-order valence-electron chi connectivity index (χ2n) is 10.4. The molecule has 1 fully saturated rings. The molecule has 1 saturated carbocycles. The Morgan fingerprint density at radius 2 is 2.00 bits per heavy atom. The summed E-state index contributed by atoms with van der Waals surface area (Å²) in [7, 11) is 1.86. The number of nitrogens with one attached hydrogen (secondary N) is 1. The van der Waals surface area contributed by atoms with Crippen LogP contribution in [0.5, 0.6) is 11.5 Å². The van der Waals surface area contributed by atoms with E-state index in [1.54, 1.807) is 35.5 Å². The van der Waals surface area contributed by atoms with E-state index in [0.29, 0.717) is 45.0 Å². The molecule has 0 amide bonds. The van der Waals surface area contributed by atoms with Crippen molar-refractivity contribution in [1.29, 1.82) is 0 Å². The molecule has 0 bridgehead atoms. The SMILES string of the molecule is Cn1c(Nc2cc(C(C)(C)C)n([C@@H]3CCC[C@@H]3O)n2)nc2ncc(Oc3cnn4ccncc34)c(Cl)c21. The molecule has 0 radical (unpaired) electrons. The molecular formula is C25H28ClN9O2. The van der Waals surface area contributed by atoms with Crippen molar-refractivity contribution in [2.24, 2.45) is 7.05 Å². The lowest BCUT2D eigenvalue weighted by molar-refractivity contribution is 0.127. The molecule has 6 rings (SSSR count). The number of rotatable bonds is 5. The lowest BCUT2D eigenvalue weighted by Gasteiger charge is -2.25. The Morgan fingerprint density at radius 3 is 2.76 bits per heavy atom. The van der Waals surface area contributed by atoms with Gasteiger partial charge < -0.3 is 19.7 Å². The zero-order valence-electron chi connectivity index (χ0n) is 21.1. The summed E-state index contributed by atoms with van der Waals surface area (Å²) in [6.07, 6.45) is 10.5. The van der Waals surface area contributed by atoms with Crippen LogP contribution in [-0.4, -0.2) is 50.1 Å². The highest BCUT2D eigenvalue weighted by molar-refractivity contribution is 6.36. The van der Waals surface area contributed by atoms with Crippen molar-refractivity contribution in [3.05, 3.63) is 47.8 Å². The van der Waals surface area contributed by atoms with E-state index in [-0.39, 0.29) is 11.5 Å². The highest BCUT2D eigenvalue weighted by Crippen LogP contribution is 2.38. The summed E-state index contributed by atoms with van der Waals surface area (Å²) in [4.78, 5) is 13.3. The number of aliphatic hydroxyl groups excluding tert-OH is 1. The van der Waals surface area contributed by atoms with Crippen LogP contribution in [0.15, 0.2) is 37.1 Å². The fourth-order valence-electron chi connectivity index (χ4n) is 4.89. The molecule has 12 heteroatoms. The summed E-state index contributed by atoms with van der Waals surface area (Å²) in [6, 6.07) is 1.99. The van der Waals surface area contributed by atoms with Crippen LogP contribution in [0.25, 0.3) is 16.7 Å². The number of nitrogens with zero attached hydrogens (tertiary/aromatic N) is 8. The van der Waals surface area contributed by atoms with Crippen molar-refractivity contribution in [2.75, 3.05) is 5.32 Å². The quantitative estimate of drug-likeness (QED) is 0.339. The van der Waals surface area contributed by atoms with Crippen LogP contribution >= 0.6 is 11.6 Å². The van der Waals surface area contributed by atoms with Gasteiger partial charge >= 0.3 is 0 Å². The smallest absolute Gasteiger partial charge is 0.210 e. The molecule has 1 aliphatic carbocycles. The van der Waals surface area contributed by atoms with Crippen LogP contribution in [0.1, 0.15) is 51.8 Å². The van der Waals surface area contributed by atoms with Crippen LogP contribution in [0.4, 0.5) is 11.8 Å². The minimum Gasteiger partial charge on any atom is -0.450 e. The first-order chi connectivity index (χ1) is 17.7. The predicted molar refractivity (Wildman–Crippen MR) is 140 cm³/mol. The summed E-state index contributed by atoms with van der Waals surface area (Å²) in [5.74, 6) is 2.09. The number of imidazole rings is 1. The van der Waals surface area contributed by atoms with Gasteiger partial charge in [0.15, 0.2) is 23.0 Å². The van der Waals surface area contributed by atoms with Gasteiger partial charge in [0.25, 0.3) is 0 Å². The van der Waals surface area contributed by atoms with Crippen molar-refractivity contribution < 1.29 is 9.84 Å². The van der Waals surface area contributed by atoms with E-state index in [1.165, 1.54) is 0 Å². The van der Waals surface area contributed by atoms with Gasteiger partial charge in [-0.15, -0.1) is 0 Å². The van der Waals surface area contributed by atoms with E-state index in [0.717, 1.165) is 25.0 Å². The normalized spacial score (nSPS) is 18.2. The van der Waals surface area contributed by atoms with E-state index in [4.69, 9.17) is 21.4 Å². The molecule has 2 N–H and O–H groups in total. The average Bonchev–Trinajstić information content (AvgIpc) is 3.63. The molecule has 5 aromatic rings. The number of ether oxygens (including phenoxy) is 1. The van der Waals surface area contributed by atoms with E-state index in [1.807, 2.05) is 22.4 Å². The third-order valence-electron chi connectivity index (χ3n) is 6.82. The average molecular weight is 522 g/mol. The predicted octanol–water partition coefficient (Wildman–Crippen LogP) is 4.78. The molecule has 0 aromatic carbocycles. The molecule has 11 nitrogen and oxygen atoms in total. The largest absolute Gasteiger partial charge is 0.450 e. The number of hydrogen-bond acceptors (Lipinski definition) is 8. The molecule has 1 aliphatic rings. The monoisotopic (exact) mass is 521 g/mol. The van der Waals surface area contributed by atoms with E-state index in [2.05, 4.69) is 46.1 Å². The Labute approximate surface area is 218 Å². The third kappa shape index (κ3) is 4.08. The number of aliphatic hydroxyl groups is 1. The third-order valence-corrected chi connectivity index (χ3v) is 7.18. The molecule has 0 aliphatic heterocycles. The number of hydrogen-bond donors (Lipinski definition) is 2. The molecule has 192 valence electrons. The van der Waals surface area contributed by atoms with Crippen molar-refractivity contribution in [3.8, 4) is 11.5 Å². The van der Waals surface area contributed by atoms with E-state index in [9.17, 15) is 5.11 Å². The number of pyridine rings is 1. The number of halogens is 1. The standard InChI is InChI=1S/C25H28ClN9O2/c1-25(2,3)19-10-20(32-35(19)14-6-5-7-16(14)36)30-24-31-23-22(33(24)4)21(26)18(12-28-23)37-17-13-29-34-9-8-27-11-15(17)34/h8-14,16,36H,5-7H2,1-4H3,(H,28,30,31,32)/t14-,16+/m1/s1. The maximum absolute atomic E-state index is 10.5. The van der Waals surface area contributed by atoms with Gasteiger partial charge in [-0.25, -0.2) is 9.50 Å². The number of fused-ring (bicyclic) bond motifs is 2. The zero-order chi connectivity index (χ0) is 25.9. The summed E-state index contributed by atoms with van der Waals surface area (Å²) in [5, 5.41) is 23.3. The van der Waals surface area contributed by atoms with Gasteiger partial charge in [0.05, 0.1) is 30.7 Å². The van der Waals surface area contributed by atoms with Gasteiger partial charge in [0.1, 0.15) is 16.1 Å². The Hall–Kier alpha value is -3.70. The highest BCUT2D eigenvalue weighted by Gasteiger charge is 2.32.